The van der Waals surface area contributed by atoms with E-state index in [0.29, 0.717) is 29.4 Å². The Kier molecular flexibility index (Phi) is 11.6. The summed E-state index contributed by atoms with van der Waals surface area (Å²) < 4.78 is 0. The number of hydroxylamine groups is 2. The van der Waals surface area contributed by atoms with Gasteiger partial charge in [0.1, 0.15) is 18.4 Å². The Bertz CT molecular complexity index is 609. The molecule has 1 aliphatic heterocycles. The van der Waals surface area contributed by atoms with Gasteiger partial charge in [0.05, 0.1) is 12.6 Å². The lowest BCUT2D eigenvalue weighted by Gasteiger charge is -2.14. The Labute approximate surface area is 178 Å². The van der Waals surface area contributed by atoms with E-state index >= 15 is 0 Å². The van der Waals surface area contributed by atoms with E-state index in [4.69, 9.17) is 5.21 Å². The third kappa shape index (κ3) is 9.30. The quantitative estimate of drug-likeness (QED) is 0.357. The van der Waals surface area contributed by atoms with E-state index in [9.17, 15) is 14.4 Å². The van der Waals surface area contributed by atoms with Crippen molar-refractivity contribution in [2.24, 2.45) is 11.3 Å². The Morgan fingerprint density at radius 2 is 2.13 bits per heavy atom. The van der Waals surface area contributed by atoms with Crippen molar-refractivity contribution in [1.29, 1.82) is 0 Å². The van der Waals surface area contributed by atoms with E-state index < -0.39 is 0 Å². The summed E-state index contributed by atoms with van der Waals surface area (Å²) in [6.45, 7) is 5.41. The lowest BCUT2D eigenvalue weighted by atomic mass is 10.0. The number of hydrogen-bond acceptors (Lipinski definition) is 7. The van der Waals surface area contributed by atoms with Crippen LogP contribution in [0, 0.1) is 11.3 Å². The molecule has 2 atom stereocenters. The van der Waals surface area contributed by atoms with E-state index in [0.717, 1.165) is 50.7 Å². The van der Waals surface area contributed by atoms with Crippen molar-refractivity contribution in [3.63, 3.8) is 0 Å². The summed E-state index contributed by atoms with van der Waals surface area (Å²) in [4.78, 5) is 40.2. The van der Waals surface area contributed by atoms with Crippen molar-refractivity contribution >= 4 is 24.9 Å². The molecule has 1 saturated heterocycles. The highest BCUT2D eigenvalue weighted by atomic mass is 16.5. The maximum absolute atomic E-state index is 10.5. The molecule has 0 radical (unpaired) electrons. The van der Waals surface area contributed by atoms with Gasteiger partial charge in [0.25, 0.3) is 0 Å². The fourth-order valence-electron chi connectivity index (χ4n) is 3.36. The van der Waals surface area contributed by atoms with Gasteiger partial charge < -0.3 is 15.0 Å². The fourth-order valence-corrected chi connectivity index (χ4v) is 3.36. The number of anilines is 1. The molecule has 0 bridgehead atoms. The summed E-state index contributed by atoms with van der Waals surface area (Å²) in [5.74, 6) is 1.24. The molecule has 30 heavy (non-hydrogen) atoms. The zero-order valence-corrected chi connectivity index (χ0v) is 18.2. The van der Waals surface area contributed by atoms with Gasteiger partial charge in [-0.15, -0.1) is 0 Å². The van der Waals surface area contributed by atoms with E-state index in [1.165, 1.54) is 19.2 Å². The number of aromatic nitrogens is 2. The number of aldehydes is 1. The molecular formula is C21H35N5O4. The van der Waals surface area contributed by atoms with Gasteiger partial charge in [0, 0.05) is 19.8 Å². The maximum atomic E-state index is 10.5. The third-order valence-electron chi connectivity index (χ3n) is 5.34. The monoisotopic (exact) mass is 421 g/mol. The third-order valence-corrected chi connectivity index (χ3v) is 5.34. The molecule has 9 heteroatoms. The molecule has 1 spiro atoms. The molecule has 2 aliphatic rings. The number of unbranched alkanes of at least 4 members (excludes halogenated alkanes) is 1. The highest BCUT2D eigenvalue weighted by Crippen LogP contribution is 2.54. The van der Waals surface area contributed by atoms with Crippen LogP contribution in [-0.2, 0) is 14.4 Å². The Morgan fingerprint density at radius 1 is 1.40 bits per heavy atom. The molecule has 2 heterocycles. The SMILES string of the molecule is CCCCC(C)CN(O)C=O.CNc1ccncn1.O=CC1CC2(CC2)CN1C=O. The highest BCUT2D eigenvalue weighted by molar-refractivity contribution is 5.65. The predicted molar refractivity (Wildman–Crippen MR) is 114 cm³/mol. The summed E-state index contributed by atoms with van der Waals surface area (Å²) in [5.41, 5.74) is 0.354. The second-order valence-electron chi connectivity index (χ2n) is 8.00. The molecule has 1 aromatic rings. The average Bonchev–Trinajstić information content (AvgIpc) is 3.44. The Morgan fingerprint density at radius 3 is 2.53 bits per heavy atom. The van der Waals surface area contributed by atoms with Crippen LogP contribution < -0.4 is 5.32 Å². The lowest BCUT2D eigenvalue weighted by Crippen LogP contribution is -2.28. The summed E-state index contributed by atoms with van der Waals surface area (Å²) in [5, 5.41) is 12.4. The Balaban J connectivity index is 0.000000228. The molecule has 2 N–H and O–H groups in total. The number of carbonyl (C=O) groups excluding carboxylic acids is 3. The van der Waals surface area contributed by atoms with Gasteiger partial charge in [-0.1, -0.05) is 26.7 Å². The van der Waals surface area contributed by atoms with Gasteiger partial charge in [0.15, 0.2) is 0 Å². The minimum Gasteiger partial charge on any atom is -0.373 e. The molecular weight excluding hydrogens is 386 g/mol. The number of carbonyl (C=O) groups is 3. The maximum Gasteiger partial charge on any atom is 0.233 e. The van der Waals surface area contributed by atoms with Crippen molar-refractivity contribution in [2.45, 2.75) is 58.4 Å². The summed E-state index contributed by atoms with van der Waals surface area (Å²) in [6.07, 6.45) is 12.0. The summed E-state index contributed by atoms with van der Waals surface area (Å²) in [6, 6.07) is 1.68. The van der Waals surface area contributed by atoms with Crippen LogP contribution in [0.3, 0.4) is 0 Å². The van der Waals surface area contributed by atoms with Crippen LogP contribution in [0.2, 0.25) is 0 Å². The van der Waals surface area contributed by atoms with Gasteiger partial charge in [-0.25, -0.2) is 15.0 Å². The predicted octanol–water partition coefficient (Wildman–Crippen LogP) is 2.37. The van der Waals surface area contributed by atoms with Crippen LogP contribution in [-0.4, -0.2) is 70.4 Å². The normalized spacial score (nSPS) is 18.8. The molecule has 9 nitrogen and oxygen atoms in total. The van der Waals surface area contributed by atoms with Crippen molar-refractivity contribution in [1.82, 2.24) is 19.9 Å². The smallest absolute Gasteiger partial charge is 0.233 e. The molecule has 2 amide bonds. The molecule has 3 rings (SSSR count). The lowest BCUT2D eigenvalue weighted by molar-refractivity contribution is -0.152. The molecule has 2 fully saturated rings. The van der Waals surface area contributed by atoms with Crippen molar-refractivity contribution in [2.75, 3.05) is 25.5 Å². The van der Waals surface area contributed by atoms with Crippen LogP contribution in [0.1, 0.15) is 52.4 Å². The number of likely N-dealkylation sites (tertiary alicyclic amines) is 1. The minimum absolute atomic E-state index is 0.130. The first-order valence-corrected chi connectivity index (χ1v) is 10.4. The first-order chi connectivity index (χ1) is 14.4. The van der Waals surface area contributed by atoms with Gasteiger partial charge >= 0.3 is 0 Å². The van der Waals surface area contributed by atoms with E-state index in [2.05, 4.69) is 22.2 Å². The molecule has 1 aliphatic carbocycles. The molecule has 0 aromatic carbocycles. The summed E-state index contributed by atoms with van der Waals surface area (Å²) >= 11 is 0. The van der Waals surface area contributed by atoms with Crippen molar-refractivity contribution in [3.8, 4) is 0 Å². The number of amides is 2. The number of hydrogen-bond donors (Lipinski definition) is 2. The van der Waals surface area contributed by atoms with Gasteiger partial charge in [-0.2, -0.15) is 0 Å². The van der Waals surface area contributed by atoms with E-state index in [1.807, 2.05) is 14.0 Å². The number of nitrogens with one attached hydrogen (secondary N) is 1. The zero-order valence-electron chi connectivity index (χ0n) is 18.2. The van der Waals surface area contributed by atoms with Crippen LogP contribution >= 0.6 is 0 Å². The largest absolute Gasteiger partial charge is 0.373 e. The highest BCUT2D eigenvalue weighted by Gasteiger charge is 2.51. The molecule has 168 valence electrons. The number of rotatable bonds is 9. The van der Waals surface area contributed by atoms with Gasteiger partial charge in [-0.05, 0) is 43.1 Å². The van der Waals surface area contributed by atoms with Gasteiger partial charge in [-0.3, -0.25) is 14.8 Å². The van der Waals surface area contributed by atoms with E-state index in [-0.39, 0.29) is 6.04 Å². The summed E-state index contributed by atoms with van der Waals surface area (Å²) in [7, 11) is 1.82. The van der Waals surface area contributed by atoms with Crippen LogP contribution in [0.4, 0.5) is 5.82 Å². The minimum atomic E-state index is -0.130. The van der Waals surface area contributed by atoms with Crippen molar-refractivity contribution < 1.29 is 19.6 Å². The molecule has 2 unspecified atom stereocenters. The topological polar surface area (TPSA) is 116 Å². The zero-order chi connectivity index (χ0) is 22.4. The first kappa shape index (κ1) is 25.5. The molecule has 1 aromatic heterocycles. The standard InChI is InChI=1S/C8H11NO2.C8H17NO2.C5H7N3/c10-4-7-3-8(1-2-8)5-9(7)6-11;1-3-4-5-8(2)6-9(11)7-10;1-6-5-2-3-7-4-8-5/h4,6-7H,1-3,5H2;7-8,11H,3-6H2,1-2H3;2-4H,1H3,(H,6,7,8). The van der Waals surface area contributed by atoms with Gasteiger partial charge in [0.2, 0.25) is 12.8 Å². The molecule has 1 saturated carbocycles. The van der Waals surface area contributed by atoms with Crippen LogP contribution in [0.15, 0.2) is 18.6 Å². The average molecular weight is 422 g/mol. The van der Waals surface area contributed by atoms with E-state index in [1.54, 1.807) is 17.2 Å². The second kappa shape index (κ2) is 13.6. The van der Waals surface area contributed by atoms with Crippen molar-refractivity contribution in [3.05, 3.63) is 18.6 Å². The van der Waals surface area contributed by atoms with Crippen LogP contribution in [0.5, 0.6) is 0 Å². The fraction of sp³-hybridized carbons (Fsp3) is 0.667. The first-order valence-electron chi connectivity index (χ1n) is 10.4. The van der Waals surface area contributed by atoms with Crippen LogP contribution in [0.25, 0.3) is 0 Å². The number of nitrogens with zero attached hydrogens (tertiary/aromatic N) is 4. The Hall–Kier alpha value is -2.55. The second-order valence-corrected chi connectivity index (χ2v) is 8.00.